The molecule has 5 heteroatoms. The molecule has 1 aromatic carbocycles. The van der Waals surface area contributed by atoms with Crippen LogP contribution in [0.25, 0.3) is 22.2 Å². The maximum absolute atomic E-state index is 5.32. The molecular weight excluding hydrogens is 214 g/mol. The van der Waals surface area contributed by atoms with Crippen molar-refractivity contribution in [2.24, 2.45) is 5.84 Å². The lowest BCUT2D eigenvalue weighted by molar-refractivity contribution is 1.20. The number of hydrazine groups is 1. The number of H-pyrrole nitrogens is 2. The molecule has 0 saturated carbocycles. The minimum absolute atomic E-state index is 0.560. The average Bonchev–Trinajstić information content (AvgIpc) is 2.91. The fourth-order valence-corrected chi connectivity index (χ4v) is 2.15. The molecule has 0 spiro atoms. The summed E-state index contributed by atoms with van der Waals surface area (Å²) in [6, 6.07) is 8.19. The monoisotopic (exact) mass is 227 g/mol. The van der Waals surface area contributed by atoms with Crippen LogP contribution in [-0.2, 0) is 0 Å². The van der Waals surface area contributed by atoms with Gasteiger partial charge in [0.25, 0.3) is 0 Å². The second-order valence-corrected chi connectivity index (χ2v) is 3.96. The zero-order valence-corrected chi connectivity index (χ0v) is 9.41. The van der Waals surface area contributed by atoms with Crippen molar-refractivity contribution >= 4 is 16.9 Å². The second-order valence-electron chi connectivity index (χ2n) is 3.96. The number of nitrogens with one attached hydrogen (secondary N) is 3. The number of aryl methyl sites for hydroxylation is 1. The number of fused-ring (bicyclic) bond motifs is 1. The zero-order chi connectivity index (χ0) is 11.8. The van der Waals surface area contributed by atoms with Crippen LogP contribution >= 0.6 is 0 Å². The zero-order valence-electron chi connectivity index (χ0n) is 9.41. The number of aromatic nitrogens is 3. The maximum Gasteiger partial charge on any atom is 0.215 e. The molecular formula is C12H13N5. The van der Waals surface area contributed by atoms with E-state index in [4.69, 9.17) is 5.84 Å². The van der Waals surface area contributed by atoms with Gasteiger partial charge < -0.3 is 9.97 Å². The quantitative estimate of drug-likeness (QED) is 0.400. The molecule has 0 radical (unpaired) electrons. The van der Waals surface area contributed by atoms with Gasteiger partial charge >= 0.3 is 0 Å². The first-order valence-corrected chi connectivity index (χ1v) is 5.39. The maximum atomic E-state index is 5.32. The fourth-order valence-electron chi connectivity index (χ4n) is 2.15. The summed E-state index contributed by atoms with van der Waals surface area (Å²) < 4.78 is 0. The Morgan fingerprint density at radius 1 is 1.24 bits per heavy atom. The molecule has 2 heterocycles. The summed E-state index contributed by atoms with van der Waals surface area (Å²) in [5.74, 6) is 5.88. The summed E-state index contributed by atoms with van der Waals surface area (Å²) in [6.07, 6.45) is 1.78. The van der Waals surface area contributed by atoms with Crippen LogP contribution < -0.4 is 11.3 Å². The number of nitrogens with zero attached hydrogens (tertiary/aromatic N) is 1. The Hall–Kier alpha value is -2.27. The van der Waals surface area contributed by atoms with E-state index in [-0.39, 0.29) is 0 Å². The molecule has 5 nitrogen and oxygen atoms in total. The van der Waals surface area contributed by atoms with Gasteiger partial charge in [-0.1, -0.05) is 18.2 Å². The topological polar surface area (TPSA) is 82.5 Å². The van der Waals surface area contributed by atoms with Crippen LogP contribution in [0.4, 0.5) is 5.95 Å². The molecule has 0 aliphatic carbocycles. The summed E-state index contributed by atoms with van der Waals surface area (Å²) in [5.41, 5.74) is 6.82. The number of hydrogen-bond acceptors (Lipinski definition) is 3. The average molecular weight is 227 g/mol. The number of para-hydroxylation sites is 1. The Morgan fingerprint density at radius 2 is 2.06 bits per heavy atom. The molecule has 0 atom stereocenters. The third-order valence-electron chi connectivity index (χ3n) is 2.88. The van der Waals surface area contributed by atoms with Gasteiger partial charge in [-0.15, -0.1) is 0 Å². The van der Waals surface area contributed by atoms with Crippen LogP contribution in [-0.4, -0.2) is 15.0 Å². The Kier molecular flexibility index (Phi) is 2.12. The predicted molar refractivity (Wildman–Crippen MR) is 68.4 cm³/mol. The van der Waals surface area contributed by atoms with E-state index in [2.05, 4.69) is 32.5 Å². The van der Waals surface area contributed by atoms with E-state index in [1.165, 1.54) is 5.39 Å². The van der Waals surface area contributed by atoms with E-state index in [1.54, 1.807) is 6.20 Å². The van der Waals surface area contributed by atoms with Crippen molar-refractivity contribution in [3.8, 4) is 11.3 Å². The molecule has 0 fully saturated rings. The number of nitrogen functional groups attached to an aromatic ring is 1. The molecule has 0 amide bonds. The lowest BCUT2D eigenvalue weighted by atomic mass is 10.1. The Balaban J connectivity index is 2.25. The van der Waals surface area contributed by atoms with Gasteiger partial charge in [0.05, 0.1) is 11.9 Å². The van der Waals surface area contributed by atoms with Crippen molar-refractivity contribution in [3.63, 3.8) is 0 Å². The largest absolute Gasteiger partial charge is 0.358 e. The van der Waals surface area contributed by atoms with Gasteiger partial charge in [0.2, 0.25) is 5.95 Å². The van der Waals surface area contributed by atoms with Crippen LogP contribution in [0.3, 0.4) is 0 Å². The molecule has 17 heavy (non-hydrogen) atoms. The first-order chi connectivity index (χ1) is 8.29. The van der Waals surface area contributed by atoms with E-state index in [9.17, 15) is 0 Å². The van der Waals surface area contributed by atoms with Crippen molar-refractivity contribution in [2.75, 3.05) is 5.43 Å². The SMILES string of the molecule is Cc1[nH]c2ccccc2c1-c1cnc(NN)[nH]1. The van der Waals surface area contributed by atoms with Gasteiger partial charge in [-0.3, -0.25) is 5.43 Å². The number of anilines is 1. The van der Waals surface area contributed by atoms with E-state index in [1.807, 2.05) is 19.1 Å². The molecule has 0 saturated heterocycles. The lowest BCUT2D eigenvalue weighted by Gasteiger charge is -1.97. The first kappa shape index (κ1) is 9.92. The second kappa shape index (κ2) is 3.64. The minimum atomic E-state index is 0.560. The van der Waals surface area contributed by atoms with Crippen molar-refractivity contribution in [3.05, 3.63) is 36.2 Å². The summed E-state index contributed by atoms with van der Waals surface area (Å²) in [5, 5.41) is 1.18. The van der Waals surface area contributed by atoms with Crippen molar-refractivity contribution < 1.29 is 0 Å². The number of nitrogens with two attached hydrogens (primary N) is 1. The molecule has 86 valence electrons. The van der Waals surface area contributed by atoms with Crippen molar-refractivity contribution in [2.45, 2.75) is 6.92 Å². The summed E-state index contributed by atoms with van der Waals surface area (Å²) in [7, 11) is 0. The Morgan fingerprint density at radius 3 is 2.82 bits per heavy atom. The highest BCUT2D eigenvalue weighted by Gasteiger charge is 2.11. The molecule has 0 bridgehead atoms. The number of rotatable bonds is 2. The summed E-state index contributed by atoms with van der Waals surface area (Å²) >= 11 is 0. The van der Waals surface area contributed by atoms with E-state index >= 15 is 0 Å². The highest BCUT2D eigenvalue weighted by atomic mass is 15.3. The number of hydrogen-bond donors (Lipinski definition) is 4. The third-order valence-corrected chi connectivity index (χ3v) is 2.88. The summed E-state index contributed by atoms with van der Waals surface area (Å²) in [6.45, 7) is 2.05. The van der Waals surface area contributed by atoms with E-state index in [0.29, 0.717) is 5.95 Å². The molecule has 2 aromatic heterocycles. The highest BCUT2D eigenvalue weighted by Crippen LogP contribution is 2.31. The molecule has 0 aliphatic heterocycles. The van der Waals surface area contributed by atoms with Gasteiger partial charge in [0.15, 0.2) is 0 Å². The standard InChI is InChI=1S/C12H13N5/c1-7-11(10-6-14-12(16-10)17-13)8-4-2-3-5-9(8)15-7/h2-6,15H,13H2,1H3,(H2,14,16,17). The smallest absolute Gasteiger partial charge is 0.215 e. The van der Waals surface area contributed by atoms with E-state index < -0.39 is 0 Å². The van der Waals surface area contributed by atoms with E-state index in [0.717, 1.165) is 22.5 Å². The Labute approximate surface area is 98.0 Å². The predicted octanol–water partition coefficient (Wildman–Crippen LogP) is 2.15. The van der Waals surface area contributed by atoms with Gasteiger partial charge in [0.1, 0.15) is 0 Å². The van der Waals surface area contributed by atoms with Crippen molar-refractivity contribution in [1.29, 1.82) is 0 Å². The lowest BCUT2D eigenvalue weighted by Crippen LogP contribution is -2.07. The molecule has 3 rings (SSSR count). The molecule has 0 unspecified atom stereocenters. The van der Waals surface area contributed by atoms with Crippen LogP contribution in [0, 0.1) is 6.92 Å². The van der Waals surface area contributed by atoms with Crippen LogP contribution in [0.2, 0.25) is 0 Å². The van der Waals surface area contributed by atoms with Gasteiger partial charge in [0, 0.05) is 22.2 Å². The third kappa shape index (κ3) is 1.48. The van der Waals surface area contributed by atoms with Gasteiger partial charge in [-0.25, -0.2) is 10.8 Å². The molecule has 3 aromatic rings. The molecule has 0 aliphatic rings. The first-order valence-electron chi connectivity index (χ1n) is 5.39. The normalized spacial score (nSPS) is 10.9. The minimum Gasteiger partial charge on any atom is -0.358 e. The Bertz CT molecular complexity index is 664. The van der Waals surface area contributed by atoms with Crippen LogP contribution in [0.1, 0.15) is 5.69 Å². The highest BCUT2D eigenvalue weighted by molar-refractivity contribution is 5.96. The van der Waals surface area contributed by atoms with Crippen molar-refractivity contribution in [1.82, 2.24) is 15.0 Å². The fraction of sp³-hybridized carbons (Fsp3) is 0.0833. The summed E-state index contributed by atoms with van der Waals surface area (Å²) in [4.78, 5) is 10.6. The van der Waals surface area contributed by atoms with Gasteiger partial charge in [-0.05, 0) is 13.0 Å². The molecule has 5 N–H and O–H groups in total. The number of imidazole rings is 1. The van der Waals surface area contributed by atoms with Crippen LogP contribution in [0.5, 0.6) is 0 Å². The number of aromatic amines is 2. The number of benzene rings is 1. The van der Waals surface area contributed by atoms with Crippen LogP contribution in [0.15, 0.2) is 30.5 Å². The van der Waals surface area contributed by atoms with Gasteiger partial charge in [-0.2, -0.15) is 0 Å².